The monoisotopic (exact) mass is 267 g/mol. The Labute approximate surface area is 111 Å². The number of nitrogens with zero attached hydrogens (tertiary/aromatic N) is 2. The third kappa shape index (κ3) is 5.80. The first-order valence-electron chi connectivity index (χ1n) is 5.99. The molecular weight excluding hydrogens is 250 g/mol. The van der Waals surface area contributed by atoms with Gasteiger partial charge in [0.15, 0.2) is 5.69 Å². The molecule has 0 fully saturated rings. The number of carboxylic acids is 1. The molecular formula is C12H17N3O4. The number of nitrogens with one attached hydrogen (secondary N) is 1. The van der Waals surface area contributed by atoms with Gasteiger partial charge >= 0.3 is 11.9 Å². The first-order valence-corrected chi connectivity index (χ1v) is 5.99. The van der Waals surface area contributed by atoms with E-state index in [-0.39, 0.29) is 12.1 Å². The summed E-state index contributed by atoms with van der Waals surface area (Å²) in [5.74, 6) is -0.802. The van der Waals surface area contributed by atoms with Crippen molar-refractivity contribution in [3.05, 3.63) is 18.1 Å². The molecule has 0 unspecified atom stereocenters. The fraction of sp³-hybridized carbons (Fsp3) is 0.500. The summed E-state index contributed by atoms with van der Waals surface area (Å²) < 4.78 is 4.55. The molecule has 0 radical (unpaired) electrons. The third-order valence-corrected chi connectivity index (χ3v) is 2.40. The van der Waals surface area contributed by atoms with Crippen molar-refractivity contribution in [2.24, 2.45) is 0 Å². The van der Waals surface area contributed by atoms with E-state index < -0.39 is 11.9 Å². The fourth-order valence-electron chi connectivity index (χ4n) is 1.45. The van der Waals surface area contributed by atoms with Crippen LogP contribution in [0.4, 0.5) is 5.82 Å². The van der Waals surface area contributed by atoms with Crippen LogP contribution >= 0.6 is 0 Å². The van der Waals surface area contributed by atoms with E-state index in [0.29, 0.717) is 18.8 Å². The molecule has 0 saturated carbocycles. The van der Waals surface area contributed by atoms with E-state index >= 15 is 0 Å². The van der Waals surface area contributed by atoms with Gasteiger partial charge in [0.2, 0.25) is 0 Å². The van der Waals surface area contributed by atoms with Gasteiger partial charge in [-0.2, -0.15) is 0 Å². The van der Waals surface area contributed by atoms with Crippen molar-refractivity contribution >= 4 is 17.8 Å². The summed E-state index contributed by atoms with van der Waals surface area (Å²) in [5.41, 5.74) is 0.151. The van der Waals surface area contributed by atoms with Crippen LogP contribution in [-0.2, 0) is 9.53 Å². The summed E-state index contributed by atoms with van der Waals surface area (Å²) in [4.78, 5) is 29.5. The number of rotatable bonds is 8. The highest BCUT2D eigenvalue weighted by molar-refractivity contribution is 5.87. The maximum atomic E-state index is 11.2. The summed E-state index contributed by atoms with van der Waals surface area (Å²) in [6.07, 6.45) is 5.36. The number of carbonyl (C=O) groups excluding carboxylic acids is 1. The van der Waals surface area contributed by atoms with Crippen LogP contribution in [0.2, 0.25) is 0 Å². The highest BCUT2D eigenvalue weighted by atomic mass is 16.5. The number of carboxylic acid groups (broad SMARTS) is 1. The predicted molar refractivity (Wildman–Crippen MR) is 68.0 cm³/mol. The summed E-state index contributed by atoms with van der Waals surface area (Å²) in [6.45, 7) is 0.652. The van der Waals surface area contributed by atoms with Crippen LogP contribution in [0.15, 0.2) is 12.4 Å². The van der Waals surface area contributed by atoms with Gasteiger partial charge in [0.25, 0.3) is 0 Å². The van der Waals surface area contributed by atoms with Gasteiger partial charge in [0.1, 0.15) is 5.82 Å². The molecule has 19 heavy (non-hydrogen) atoms. The van der Waals surface area contributed by atoms with Crippen LogP contribution < -0.4 is 5.32 Å². The molecule has 7 heteroatoms. The predicted octanol–water partition coefficient (Wildman–Crippen LogP) is 1.32. The maximum absolute atomic E-state index is 11.2. The van der Waals surface area contributed by atoms with Crippen molar-refractivity contribution in [2.45, 2.75) is 25.7 Å². The molecule has 2 N–H and O–H groups in total. The lowest BCUT2D eigenvalue weighted by molar-refractivity contribution is -0.137. The Balaban J connectivity index is 2.29. The summed E-state index contributed by atoms with van der Waals surface area (Å²) >= 11 is 0. The molecule has 1 aromatic rings. The van der Waals surface area contributed by atoms with E-state index in [1.54, 1.807) is 0 Å². The van der Waals surface area contributed by atoms with Gasteiger partial charge in [0.05, 0.1) is 19.5 Å². The molecule has 0 amide bonds. The van der Waals surface area contributed by atoms with Crippen LogP contribution in [0.25, 0.3) is 0 Å². The summed E-state index contributed by atoms with van der Waals surface area (Å²) in [7, 11) is 1.28. The molecule has 0 atom stereocenters. The molecule has 0 aromatic carbocycles. The number of ether oxygens (including phenoxy) is 1. The molecule has 1 rings (SSSR count). The van der Waals surface area contributed by atoms with Crippen molar-refractivity contribution in [3.63, 3.8) is 0 Å². The fourth-order valence-corrected chi connectivity index (χ4v) is 1.45. The first kappa shape index (κ1) is 14.9. The number of aliphatic carboxylic acids is 1. The molecule has 0 saturated heterocycles. The van der Waals surface area contributed by atoms with Crippen molar-refractivity contribution in [3.8, 4) is 0 Å². The topological polar surface area (TPSA) is 101 Å². The zero-order valence-corrected chi connectivity index (χ0v) is 10.8. The molecule has 0 bridgehead atoms. The van der Waals surface area contributed by atoms with Crippen molar-refractivity contribution < 1.29 is 19.4 Å². The molecule has 1 heterocycles. The number of carbonyl (C=O) groups is 2. The van der Waals surface area contributed by atoms with Crippen LogP contribution in [0.3, 0.4) is 0 Å². The number of unbranched alkanes of at least 4 members (excludes halogenated alkanes) is 2. The molecule has 0 aliphatic rings. The molecule has 0 aliphatic carbocycles. The van der Waals surface area contributed by atoms with Gasteiger partial charge in [-0.05, 0) is 12.8 Å². The number of anilines is 1. The van der Waals surface area contributed by atoms with Gasteiger partial charge in [-0.1, -0.05) is 6.42 Å². The average Bonchev–Trinajstić information content (AvgIpc) is 2.41. The highest BCUT2D eigenvalue weighted by Crippen LogP contribution is 2.05. The Kier molecular flexibility index (Phi) is 6.28. The van der Waals surface area contributed by atoms with E-state index in [1.807, 2.05) is 0 Å². The van der Waals surface area contributed by atoms with Crippen molar-refractivity contribution in [2.75, 3.05) is 19.0 Å². The van der Waals surface area contributed by atoms with E-state index in [9.17, 15) is 9.59 Å². The maximum Gasteiger partial charge on any atom is 0.358 e. The van der Waals surface area contributed by atoms with E-state index in [2.05, 4.69) is 20.0 Å². The Hall–Kier alpha value is -2.18. The zero-order chi connectivity index (χ0) is 14.1. The van der Waals surface area contributed by atoms with Gasteiger partial charge in [-0.15, -0.1) is 0 Å². The van der Waals surface area contributed by atoms with Crippen molar-refractivity contribution in [1.29, 1.82) is 0 Å². The molecule has 7 nitrogen and oxygen atoms in total. The Morgan fingerprint density at radius 3 is 2.79 bits per heavy atom. The van der Waals surface area contributed by atoms with Gasteiger partial charge < -0.3 is 15.2 Å². The standard InChI is InChI=1S/C12H17N3O4/c1-19-12(18)9-7-13-8-10(15-9)14-6-4-2-3-5-11(16)17/h7-8H,2-6H2,1H3,(H,14,15)(H,16,17). The second-order valence-electron chi connectivity index (χ2n) is 3.91. The van der Waals surface area contributed by atoms with E-state index in [0.717, 1.165) is 12.8 Å². The molecule has 104 valence electrons. The van der Waals surface area contributed by atoms with Gasteiger partial charge in [-0.3, -0.25) is 9.78 Å². The van der Waals surface area contributed by atoms with Crippen LogP contribution in [-0.4, -0.2) is 40.7 Å². The van der Waals surface area contributed by atoms with Gasteiger partial charge in [0, 0.05) is 13.0 Å². The summed E-state index contributed by atoms with van der Waals surface area (Å²) in [5, 5.41) is 11.5. The Morgan fingerprint density at radius 2 is 2.11 bits per heavy atom. The second-order valence-corrected chi connectivity index (χ2v) is 3.91. The zero-order valence-electron chi connectivity index (χ0n) is 10.8. The molecule has 0 aliphatic heterocycles. The minimum Gasteiger partial charge on any atom is -0.481 e. The average molecular weight is 267 g/mol. The van der Waals surface area contributed by atoms with Crippen LogP contribution in [0.1, 0.15) is 36.2 Å². The largest absolute Gasteiger partial charge is 0.481 e. The van der Waals surface area contributed by atoms with E-state index in [4.69, 9.17) is 5.11 Å². The number of hydrogen-bond donors (Lipinski definition) is 2. The number of esters is 1. The SMILES string of the molecule is COC(=O)c1cncc(NCCCCCC(=O)O)n1. The second kappa shape index (κ2) is 8.02. The Morgan fingerprint density at radius 1 is 1.32 bits per heavy atom. The first-order chi connectivity index (χ1) is 9.13. The number of aromatic nitrogens is 2. The normalized spacial score (nSPS) is 9.95. The van der Waals surface area contributed by atoms with Crippen LogP contribution in [0.5, 0.6) is 0 Å². The minimum absolute atomic E-state index is 0.151. The third-order valence-electron chi connectivity index (χ3n) is 2.40. The smallest absolute Gasteiger partial charge is 0.358 e. The summed E-state index contributed by atoms with van der Waals surface area (Å²) in [6, 6.07) is 0. The van der Waals surface area contributed by atoms with Crippen molar-refractivity contribution in [1.82, 2.24) is 9.97 Å². The lowest BCUT2D eigenvalue weighted by atomic mass is 10.2. The van der Waals surface area contributed by atoms with E-state index in [1.165, 1.54) is 19.5 Å². The quantitative estimate of drug-likeness (QED) is 0.541. The highest BCUT2D eigenvalue weighted by Gasteiger charge is 2.07. The van der Waals surface area contributed by atoms with Gasteiger partial charge in [-0.25, -0.2) is 9.78 Å². The Bertz CT molecular complexity index is 437. The lowest BCUT2D eigenvalue weighted by Gasteiger charge is -2.05. The van der Waals surface area contributed by atoms with Crippen LogP contribution in [0, 0.1) is 0 Å². The lowest BCUT2D eigenvalue weighted by Crippen LogP contribution is -2.09. The molecule has 1 aromatic heterocycles. The number of hydrogen-bond acceptors (Lipinski definition) is 6. The molecule has 0 spiro atoms. The number of methoxy groups -OCH3 is 1. The minimum atomic E-state index is -0.774.